The van der Waals surface area contributed by atoms with Gasteiger partial charge in [0, 0.05) is 29.9 Å². The fraction of sp³-hybridized carbons (Fsp3) is 0.438. The first kappa shape index (κ1) is 17.0. The number of pyridine rings is 1. The third-order valence-corrected chi connectivity index (χ3v) is 6.12. The zero-order valence-corrected chi connectivity index (χ0v) is 15.1. The van der Waals surface area contributed by atoms with Gasteiger partial charge in [-0.1, -0.05) is 6.92 Å². The molecule has 0 saturated heterocycles. The van der Waals surface area contributed by atoms with Crippen molar-refractivity contribution in [1.29, 1.82) is 0 Å². The monoisotopic (exact) mass is 376 g/mol. The summed E-state index contributed by atoms with van der Waals surface area (Å²) >= 11 is 0. The molecule has 3 heterocycles. The van der Waals surface area contributed by atoms with Gasteiger partial charge >= 0.3 is 0 Å². The van der Waals surface area contributed by atoms with Gasteiger partial charge in [0.1, 0.15) is 5.65 Å². The second-order valence-electron chi connectivity index (χ2n) is 6.48. The van der Waals surface area contributed by atoms with Crippen LogP contribution in [0.15, 0.2) is 29.3 Å². The van der Waals surface area contributed by atoms with Crippen LogP contribution in [-0.4, -0.2) is 46.4 Å². The highest BCUT2D eigenvalue weighted by Crippen LogP contribution is 2.35. The molecule has 0 atom stereocenters. The van der Waals surface area contributed by atoms with Gasteiger partial charge in [-0.25, -0.2) is 18.1 Å². The molecule has 26 heavy (non-hydrogen) atoms. The van der Waals surface area contributed by atoms with Crippen LogP contribution in [0.2, 0.25) is 0 Å². The topological polar surface area (TPSA) is 126 Å². The van der Waals surface area contributed by atoms with Crippen LogP contribution in [0.4, 0.5) is 5.69 Å². The first-order valence-electron chi connectivity index (χ1n) is 8.55. The second-order valence-corrected chi connectivity index (χ2v) is 8.35. The van der Waals surface area contributed by atoms with E-state index in [0.717, 1.165) is 35.1 Å². The van der Waals surface area contributed by atoms with Gasteiger partial charge < -0.3 is 14.7 Å². The summed E-state index contributed by atoms with van der Waals surface area (Å²) in [6.45, 7) is 1.86. The highest BCUT2D eigenvalue weighted by Gasteiger charge is 2.33. The summed E-state index contributed by atoms with van der Waals surface area (Å²) in [4.78, 5) is 7.46. The summed E-state index contributed by atoms with van der Waals surface area (Å²) in [6.07, 6.45) is 6.85. The van der Waals surface area contributed by atoms with Gasteiger partial charge in [-0.05, 0) is 25.3 Å². The Hall–Kier alpha value is -2.46. The maximum Gasteiger partial charge on any atom is 0.251 e. The van der Waals surface area contributed by atoms with Crippen molar-refractivity contribution in [3.63, 3.8) is 0 Å². The van der Waals surface area contributed by atoms with Crippen LogP contribution in [0.1, 0.15) is 26.2 Å². The fourth-order valence-electron chi connectivity index (χ4n) is 3.23. The Morgan fingerprint density at radius 2 is 2.19 bits per heavy atom. The van der Waals surface area contributed by atoms with E-state index in [1.807, 2.05) is 19.2 Å². The van der Waals surface area contributed by atoms with Crippen LogP contribution in [-0.2, 0) is 10.0 Å². The number of nitrogens with zero attached hydrogens (tertiary/aromatic N) is 3. The number of fused-ring (bicyclic) bond motifs is 1. The molecule has 0 aromatic carbocycles. The van der Waals surface area contributed by atoms with E-state index < -0.39 is 10.0 Å². The highest BCUT2D eigenvalue weighted by molar-refractivity contribution is 7.89. The van der Waals surface area contributed by atoms with Gasteiger partial charge in [0.15, 0.2) is 0 Å². The Bertz CT molecular complexity index is 992. The van der Waals surface area contributed by atoms with Gasteiger partial charge in [-0.15, -0.1) is 10.2 Å². The number of hydrogen-bond acceptors (Lipinski definition) is 7. The van der Waals surface area contributed by atoms with Gasteiger partial charge in [0.05, 0.1) is 17.0 Å². The largest absolute Gasteiger partial charge is 0.423 e. The van der Waals surface area contributed by atoms with Crippen molar-refractivity contribution in [3.8, 4) is 11.5 Å². The molecule has 138 valence electrons. The summed E-state index contributed by atoms with van der Waals surface area (Å²) in [7, 11) is -3.18. The van der Waals surface area contributed by atoms with Gasteiger partial charge in [0.25, 0.3) is 5.89 Å². The molecule has 0 bridgehead atoms. The third kappa shape index (κ3) is 3.29. The SMILES string of the molecule is CCCS(=O)(=O)NC1CC(Nc2c(-c3nnco3)cnc3[nH]ccc23)C1. The molecule has 3 N–H and O–H groups in total. The lowest BCUT2D eigenvalue weighted by Crippen LogP contribution is -2.50. The lowest BCUT2D eigenvalue weighted by Gasteiger charge is -2.37. The molecular formula is C16H20N6O3S. The lowest BCUT2D eigenvalue weighted by atomic mass is 9.87. The van der Waals surface area contributed by atoms with Gasteiger partial charge in [0.2, 0.25) is 16.4 Å². The van der Waals surface area contributed by atoms with Crippen LogP contribution in [0.5, 0.6) is 0 Å². The summed E-state index contributed by atoms with van der Waals surface area (Å²) < 4.78 is 31.8. The minimum atomic E-state index is -3.18. The van der Waals surface area contributed by atoms with Crippen molar-refractivity contribution < 1.29 is 12.8 Å². The molecular weight excluding hydrogens is 356 g/mol. The van der Waals surface area contributed by atoms with E-state index in [4.69, 9.17) is 4.42 Å². The molecule has 1 saturated carbocycles. The van der Waals surface area contributed by atoms with Gasteiger partial charge in [-0.3, -0.25) is 0 Å². The van der Waals surface area contributed by atoms with Gasteiger partial charge in [-0.2, -0.15) is 0 Å². The maximum atomic E-state index is 11.9. The zero-order chi connectivity index (χ0) is 18.1. The van der Waals surface area contributed by atoms with E-state index in [-0.39, 0.29) is 17.8 Å². The van der Waals surface area contributed by atoms with E-state index in [0.29, 0.717) is 12.3 Å². The first-order valence-corrected chi connectivity index (χ1v) is 10.2. The number of aromatic amines is 1. The molecule has 1 fully saturated rings. The molecule has 0 radical (unpaired) electrons. The van der Waals surface area contributed by atoms with Crippen molar-refractivity contribution in [3.05, 3.63) is 24.9 Å². The van der Waals surface area contributed by atoms with Crippen LogP contribution >= 0.6 is 0 Å². The minimum Gasteiger partial charge on any atom is -0.423 e. The summed E-state index contributed by atoms with van der Waals surface area (Å²) in [6, 6.07) is 2.07. The minimum absolute atomic E-state index is 0.0283. The highest BCUT2D eigenvalue weighted by atomic mass is 32.2. The molecule has 3 aromatic heterocycles. The molecule has 1 aliphatic carbocycles. The van der Waals surface area contributed by atoms with E-state index in [1.54, 1.807) is 6.20 Å². The molecule has 9 nitrogen and oxygen atoms in total. The Kier molecular flexibility index (Phi) is 4.37. The Morgan fingerprint density at radius 1 is 1.35 bits per heavy atom. The van der Waals surface area contributed by atoms with Crippen molar-refractivity contribution in [2.75, 3.05) is 11.1 Å². The van der Waals surface area contributed by atoms with E-state index >= 15 is 0 Å². The van der Waals surface area contributed by atoms with Crippen LogP contribution in [0.25, 0.3) is 22.5 Å². The van der Waals surface area contributed by atoms with Crippen LogP contribution in [0.3, 0.4) is 0 Å². The average Bonchev–Trinajstić information content (AvgIpc) is 3.24. The standard InChI is InChI=1S/C16H20N6O3S/c1-2-5-26(23,24)22-11-6-10(7-11)20-14-12-3-4-17-15(12)18-8-13(14)16-21-19-9-25-16/h3-4,8-11,22H,2,5-7H2,1H3,(H2,17,18,20). The first-order chi connectivity index (χ1) is 12.6. The number of nitrogens with one attached hydrogen (secondary N) is 3. The molecule has 0 aliphatic heterocycles. The van der Waals surface area contributed by atoms with Crippen molar-refractivity contribution in [2.24, 2.45) is 0 Å². The predicted molar refractivity (Wildman–Crippen MR) is 97.0 cm³/mol. The van der Waals surface area contributed by atoms with Crippen molar-refractivity contribution in [2.45, 2.75) is 38.3 Å². The van der Waals surface area contributed by atoms with E-state index in [1.165, 1.54) is 6.39 Å². The number of hydrogen-bond donors (Lipinski definition) is 3. The molecule has 1 aliphatic rings. The molecule has 0 unspecified atom stereocenters. The smallest absolute Gasteiger partial charge is 0.251 e. The molecule has 10 heteroatoms. The summed E-state index contributed by atoms with van der Waals surface area (Å²) in [5, 5.41) is 12.1. The number of aromatic nitrogens is 4. The van der Waals surface area contributed by atoms with Crippen molar-refractivity contribution >= 4 is 26.7 Å². The molecule has 3 aromatic rings. The fourth-order valence-corrected chi connectivity index (χ4v) is 4.59. The number of sulfonamides is 1. The van der Waals surface area contributed by atoms with E-state index in [9.17, 15) is 8.42 Å². The second kappa shape index (κ2) is 6.69. The summed E-state index contributed by atoms with van der Waals surface area (Å²) in [5.41, 5.74) is 2.35. The Labute approximate surface area is 150 Å². The van der Waals surface area contributed by atoms with Crippen molar-refractivity contribution in [1.82, 2.24) is 24.9 Å². The third-order valence-electron chi connectivity index (χ3n) is 4.48. The number of H-pyrrole nitrogens is 1. The van der Waals surface area contributed by atoms with Crippen LogP contribution < -0.4 is 10.0 Å². The molecule has 0 spiro atoms. The normalized spacial score (nSPS) is 20.2. The maximum absolute atomic E-state index is 11.9. The predicted octanol–water partition coefficient (Wildman–Crippen LogP) is 1.89. The van der Waals surface area contributed by atoms with E-state index in [2.05, 4.69) is 30.2 Å². The molecule has 4 rings (SSSR count). The average molecular weight is 376 g/mol. The Morgan fingerprint density at radius 3 is 2.92 bits per heavy atom. The molecule has 0 amide bonds. The lowest BCUT2D eigenvalue weighted by molar-refractivity contribution is 0.346. The quantitative estimate of drug-likeness (QED) is 0.575. The number of anilines is 1. The number of rotatable bonds is 7. The summed E-state index contributed by atoms with van der Waals surface area (Å²) in [5.74, 6) is 0.555. The van der Waals surface area contributed by atoms with Crippen LogP contribution in [0, 0.1) is 0 Å². The zero-order valence-electron chi connectivity index (χ0n) is 14.3. The Balaban J connectivity index is 1.52.